The molecule has 3 aromatic carbocycles. The van der Waals surface area contributed by atoms with E-state index in [0.717, 1.165) is 39.0 Å². The molecule has 31 heavy (non-hydrogen) atoms. The van der Waals surface area contributed by atoms with E-state index in [1.165, 1.54) is 21.8 Å². The first-order valence-corrected chi connectivity index (χ1v) is 11.7. The summed E-state index contributed by atoms with van der Waals surface area (Å²) < 4.78 is 5.54. The molecular formula is C25H23N3OS2. The first-order valence-electron chi connectivity index (χ1n) is 9.88. The standard InChI is InChI=1S/C25H23N3OS2/c1-18-8-11-22(12-9-18)30-16-21-14-19(10-13-24(21)29-2)15-26-28-25-27-23(17-31-25)20-6-4-3-5-7-20/h3-15,17H,16H2,1-2H3,(H,27,28). The second-order valence-electron chi connectivity index (χ2n) is 6.95. The van der Waals surface area contributed by atoms with Crippen LogP contribution in [0.5, 0.6) is 5.75 Å². The Hall–Kier alpha value is -3.09. The lowest BCUT2D eigenvalue weighted by molar-refractivity contribution is 0.411. The van der Waals surface area contributed by atoms with E-state index in [1.54, 1.807) is 18.9 Å². The third kappa shape index (κ3) is 5.75. The minimum atomic E-state index is 0.763. The summed E-state index contributed by atoms with van der Waals surface area (Å²) in [7, 11) is 1.71. The number of benzene rings is 3. The summed E-state index contributed by atoms with van der Waals surface area (Å²) in [5.41, 5.74) is 8.49. The average molecular weight is 446 g/mol. The number of nitrogens with one attached hydrogen (secondary N) is 1. The van der Waals surface area contributed by atoms with Gasteiger partial charge in [-0.05, 0) is 42.8 Å². The van der Waals surface area contributed by atoms with E-state index in [2.05, 4.69) is 64.9 Å². The lowest BCUT2D eigenvalue weighted by atomic mass is 10.1. The van der Waals surface area contributed by atoms with Crippen LogP contribution in [0.4, 0.5) is 5.13 Å². The van der Waals surface area contributed by atoms with E-state index in [4.69, 9.17) is 4.74 Å². The molecule has 0 amide bonds. The Kier molecular flexibility index (Phi) is 7.02. The maximum atomic E-state index is 5.54. The fourth-order valence-corrected chi connectivity index (χ4v) is 4.56. The minimum Gasteiger partial charge on any atom is -0.496 e. The van der Waals surface area contributed by atoms with Gasteiger partial charge in [0.05, 0.1) is 19.0 Å². The highest BCUT2D eigenvalue weighted by Gasteiger charge is 2.06. The van der Waals surface area contributed by atoms with Crippen molar-refractivity contribution in [3.05, 3.63) is 94.9 Å². The highest BCUT2D eigenvalue weighted by Crippen LogP contribution is 2.29. The van der Waals surface area contributed by atoms with Crippen molar-refractivity contribution < 1.29 is 4.74 Å². The molecule has 0 fully saturated rings. The van der Waals surface area contributed by atoms with Gasteiger partial charge < -0.3 is 4.74 Å². The number of hydrazone groups is 1. The van der Waals surface area contributed by atoms with Gasteiger partial charge in [0.1, 0.15) is 5.75 Å². The zero-order valence-corrected chi connectivity index (χ0v) is 19.0. The number of thiazole rings is 1. The number of anilines is 1. The monoisotopic (exact) mass is 445 g/mol. The lowest BCUT2D eigenvalue weighted by Gasteiger charge is -2.09. The van der Waals surface area contributed by atoms with Crippen molar-refractivity contribution in [2.24, 2.45) is 5.10 Å². The van der Waals surface area contributed by atoms with Crippen LogP contribution >= 0.6 is 23.1 Å². The van der Waals surface area contributed by atoms with Crippen molar-refractivity contribution in [3.8, 4) is 17.0 Å². The summed E-state index contributed by atoms with van der Waals surface area (Å²) in [6.07, 6.45) is 1.81. The third-order valence-corrected chi connectivity index (χ3v) is 6.48. The number of methoxy groups -OCH3 is 1. The van der Waals surface area contributed by atoms with Gasteiger partial charge in [-0.3, -0.25) is 5.43 Å². The van der Waals surface area contributed by atoms with Gasteiger partial charge in [-0.15, -0.1) is 23.1 Å². The first kappa shape index (κ1) is 21.2. The largest absolute Gasteiger partial charge is 0.496 e. The highest BCUT2D eigenvalue weighted by atomic mass is 32.2. The number of nitrogens with zero attached hydrogens (tertiary/aromatic N) is 2. The second kappa shape index (κ2) is 10.3. The van der Waals surface area contributed by atoms with Crippen LogP contribution in [0.3, 0.4) is 0 Å². The maximum Gasteiger partial charge on any atom is 0.203 e. The van der Waals surface area contributed by atoms with Gasteiger partial charge in [0.2, 0.25) is 5.13 Å². The molecule has 0 radical (unpaired) electrons. The molecule has 1 aromatic heterocycles. The Bertz CT molecular complexity index is 1160. The predicted molar refractivity (Wildman–Crippen MR) is 133 cm³/mol. The van der Waals surface area contributed by atoms with E-state index in [1.807, 2.05) is 41.9 Å². The zero-order chi connectivity index (χ0) is 21.5. The van der Waals surface area contributed by atoms with E-state index in [-0.39, 0.29) is 0 Å². The summed E-state index contributed by atoms with van der Waals surface area (Å²) in [6, 6.07) is 24.8. The number of aryl methyl sites for hydroxylation is 1. The molecule has 0 aliphatic rings. The van der Waals surface area contributed by atoms with Gasteiger partial charge in [-0.2, -0.15) is 5.10 Å². The number of hydrogen-bond acceptors (Lipinski definition) is 6. The summed E-state index contributed by atoms with van der Waals surface area (Å²) >= 11 is 3.33. The molecule has 0 spiro atoms. The molecule has 0 atom stereocenters. The second-order valence-corrected chi connectivity index (χ2v) is 8.85. The van der Waals surface area contributed by atoms with Crippen molar-refractivity contribution in [1.29, 1.82) is 0 Å². The van der Waals surface area contributed by atoms with E-state index in [0.29, 0.717) is 0 Å². The molecule has 1 N–H and O–H groups in total. The number of rotatable bonds is 8. The molecule has 4 aromatic rings. The molecule has 0 aliphatic heterocycles. The molecule has 4 rings (SSSR count). The van der Waals surface area contributed by atoms with Crippen LogP contribution in [0.15, 0.2) is 88.2 Å². The lowest BCUT2D eigenvalue weighted by Crippen LogP contribution is -1.95. The van der Waals surface area contributed by atoms with Gasteiger partial charge in [0.25, 0.3) is 0 Å². The summed E-state index contributed by atoms with van der Waals surface area (Å²) in [5, 5.41) is 7.16. The highest BCUT2D eigenvalue weighted by molar-refractivity contribution is 7.98. The van der Waals surface area contributed by atoms with Crippen LogP contribution in [0.2, 0.25) is 0 Å². The predicted octanol–water partition coefficient (Wildman–Crippen LogP) is 6.87. The van der Waals surface area contributed by atoms with Crippen molar-refractivity contribution in [1.82, 2.24) is 4.98 Å². The quantitative estimate of drug-likeness (QED) is 0.183. The van der Waals surface area contributed by atoms with Gasteiger partial charge in [-0.25, -0.2) is 4.98 Å². The Labute approximate surface area is 191 Å². The summed E-state index contributed by atoms with van der Waals surface area (Å²) in [5.74, 6) is 1.71. The van der Waals surface area contributed by atoms with Crippen LogP contribution in [-0.4, -0.2) is 18.3 Å². The Morgan fingerprint density at radius 2 is 1.87 bits per heavy atom. The van der Waals surface area contributed by atoms with Gasteiger partial charge in [0.15, 0.2) is 0 Å². The normalized spacial score (nSPS) is 11.0. The fraction of sp³-hybridized carbons (Fsp3) is 0.120. The molecule has 0 saturated carbocycles. The number of aromatic nitrogens is 1. The Morgan fingerprint density at radius 3 is 2.65 bits per heavy atom. The van der Waals surface area contributed by atoms with Crippen molar-refractivity contribution in [3.63, 3.8) is 0 Å². The van der Waals surface area contributed by atoms with Gasteiger partial charge >= 0.3 is 0 Å². The molecular weight excluding hydrogens is 422 g/mol. The van der Waals surface area contributed by atoms with Crippen LogP contribution in [0.25, 0.3) is 11.3 Å². The molecule has 0 aliphatic carbocycles. The summed E-state index contributed by atoms with van der Waals surface area (Å²) in [6.45, 7) is 2.10. The van der Waals surface area contributed by atoms with Crippen LogP contribution in [0.1, 0.15) is 16.7 Å². The zero-order valence-electron chi connectivity index (χ0n) is 17.4. The minimum absolute atomic E-state index is 0.763. The smallest absolute Gasteiger partial charge is 0.203 e. The third-order valence-electron chi connectivity index (χ3n) is 4.67. The summed E-state index contributed by atoms with van der Waals surface area (Å²) in [4.78, 5) is 5.84. The van der Waals surface area contributed by atoms with Gasteiger partial charge in [-0.1, -0.05) is 48.0 Å². The van der Waals surface area contributed by atoms with E-state index < -0.39 is 0 Å². The van der Waals surface area contributed by atoms with Crippen molar-refractivity contribution in [2.75, 3.05) is 12.5 Å². The fourth-order valence-electron chi connectivity index (χ4n) is 3.02. The van der Waals surface area contributed by atoms with Crippen LogP contribution < -0.4 is 10.2 Å². The molecule has 4 nitrogen and oxygen atoms in total. The topological polar surface area (TPSA) is 46.5 Å². The van der Waals surface area contributed by atoms with Crippen molar-refractivity contribution >= 4 is 34.4 Å². The molecule has 1 heterocycles. The molecule has 0 saturated heterocycles. The number of ether oxygens (including phenoxy) is 1. The average Bonchev–Trinajstić information content (AvgIpc) is 3.28. The van der Waals surface area contributed by atoms with E-state index >= 15 is 0 Å². The first-order chi connectivity index (χ1) is 15.2. The van der Waals surface area contributed by atoms with Crippen LogP contribution in [-0.2, 0) is 5.75 Å². The molecule has 0 unspecified atom stereocenters. The molecule has 6 heteroatoms. The van der Waals surface area contributed by atoms with E-state index in [9.17, 15) is 0 Å². The van der Waals surface area contributed by atoms with Crippen LogP contribution in [0, 0.1) is 6.92 Å². The van der Waals surface area contributed by atoms with Gasteiger partial charge in [0, 0.05) is 27.2 Å². The Balaban J connectivity index is 1.41. The SMILES string of the molecule is COc1ccc(C=NNc2nc(-c3ccccc3)cs2)cc1CSc1ccc(C)cc1. The van der Waals surface area contributed by atoms with Crippen molar-refractivity contribution in [2.45, 2.75) is 17.6 Å². The Morgan fingerprint density at radius 1 is 1.06 bits per heavy atom. The maximum absolute atomic E-state index is 5.54. The molecule has 156 valence electrons. The molecule has 0 bridgehead atoms. The number of hydrogen-bond donors (Lipinski definition) is 1. The number of thioether (sulfide) groups is 1.